The Morgan fingerprint density at radius 3 is 0.690 bits per heavy atom. The molecular formula is C40H85OP. The molecule has 0 aromatic carbocycles. The predicted molar refractivity (Wildman–Crippen MR) is 199 cm³/mol. The third kappa shape index (κ3) is 27.9. The van der Waals surface area contributed by atoms with Crippen LogP contribution in [0.5, 0.6) is 0 Å². The third-order valence-electron chi connectivity index (χ3n) is 10.6. The molecule has 0 aliphatic rings. The summed E-state index contributed by atoms with van der Waals surface area (Å²) in [5.74, 6) is -0.0184. The summed E-state index contributed by atoms with van der Waals surface area (Å²) < 4.78 is 0. The van der Waals surface area contributed by atoms with Gasteiger partial charge in [0.05, 0.1) is 0 Å². The first-order valence-electron chi connectivity index (χ1n) is 20.3. The zero-order chi connectivity index (χ0) is 30.8. The quantitative estimate of drug-likeness (QED) is 0.0551. The number of hydrogen-bond acceptors (Lipinski definition) is 1. The Hall–Kier alpha value is 0.390. The Labute approximate surface area is 269 Å². The molecule has 0 aromatic heterocycles. The van der Waals surface area contributed by atoms with Gasteiger partial charge in [-0.15, -0.1) is 0 Å². The van der Waals surface area contributed by atoms with Crippen molar-refractivity contribution < 1.29 is 5.11 Å². The van der Waals surface area contributed by atoms with Crippen LogP contribution in [-0.2, 0) is 0 Å². The van der Waals surface area contributed by atoms with Crippen molar-refractivity contribution in [1.82, 2.24) is 0 Å². The van der Waals surface area contributed by atoms with Crippen LogP contribution in [0, 0.1) is 0 Å². The summed E-state index contributed by atoms with van der Waals surface area (Å²) in [6.45, 7) is 9.13. The maximum absolute atomic E-state index is 10.8. The van der Waals surface area contributed by atoms with Crippen molar-refractivity contribution in [2.24, 2.45) is 0 Å². The molecule has 1 unspecified atom stereocenters. The molecule has 0 saturated carbocycles. The normalized spacial score (nSPS) is 13.2. The van der Waals surface area contributed by atoms with E-state index in [0.717, 1.165) is 0 Å². The summed E-state index contributed by atoms with van der Waals surface area (Å²) in [6, 6.07) is 0. The van der Waals surface area contributed by atoms with E-state index in [2.05, 4.69) is 27.7 Å². The van der Waals surface area contributed by atoms with Crippen LogP contribution >= 0.6 is 7.26 Å². The Kier molecular flexibility index (Phi) is 34.6. The molecule has 1 nitrogen and oxygen atoms in total. The Bertz CT molecular complexity index is 454. The van der Waals surface area contributed by atoms with E-state index >= 15 is 0 Å². The van der Waals surface area contributed by atoms with Crippen LogP contribution in [0.15, 0.2) is 0 Å². The molecule has 0 fully saturated rings. The number of aliphatic hydroxyl groups excluding tert-OH is 1. The van der Waals surface area contributed by atoms with Crippen molar-refractivity contribution in [2.45, 2.75) is 239 Å². The van der Waals surface area contributed by atoms with Gasteiger partial charge in [0.1, 0.15) is 0 Å². The molecule has 0 amide bonds. The van der Waals surface area contributed by atoms with Crippen LogP contribution in [-0.4, -0.2) is 29.4 Å². The van der Waals surface area contributed by atoms with Crippen LogP contribution in [0.4, 0.5) is 0 Å². The molecule has 0 bridgehead atoms. The van der Waals surface area contributed by atoms with Gasteiger partial charge in [0.15, 0.2) is 0 Å². The second kappa shape index (κ2) is 34.3. The number of unbranched alkanes of at least 4 members (excludes halogenated alkanes) is 30. The molecule has 0 aliphatic heterocycles. The maximum atomic E-state index is 10.8. The van der Waals surface area contributed by atoms with Crippen molar-refractivity contribution in [3.63, 3.8) is 0 Å². The topological polar surface area (TPSA) is 20.2 Å². The van der Waals surface area contributed by atoms with E-state index in [4.69, 9.17) is 0 Å². The van der Waals surface area contributed by atoms with Crippen LogP contribution in [0.2, 0.25) is 0 Å². The molecule has 0 aromatic rings. The Morgan fingerprint density at radius 2 is 0.524 bits per heavy atom. The standard InChI is InChI=1S/C40H85OP/c1-5-8-10-12-14-16-18-20-22-24-26-28-30-32-34-36-38-42(7-3,40(4)41)39-37-35-33-31-29-27-25-23-21-19-17-15-13-11-9-6-2/h40-42H,5-39H2,1-4H3. The van der Waals surface area contributed by atoms with Crippen LogP contribution in [0.25, 0.3) is 0 Å². The van der Waals surface area contributed by atoms with Gasteiger partial charge in [0, 0.05) is 0 Å². The fourth-order valence-electron chi connectivity index (χ4n) is 7.24. The van der Waals surface area contributed by atoms with E-state index in [9.17, 15) is 5.11 Å². The van der Waals surface area contributed by atoms with Gasteiger partial charge >= 0.3 is 192 Å². The molecule has 0 radical (unpaired) electrons. The fraction of sp³-hybridized carbons (Fsp3) is 1.00. The van der Waals surface area contributed by atoms with Gasteiger partial charge in [-0.25, -0.2) is 0 Å². The molecule has 1 atom stereocenters. The third-order valence-corrected chi connectivity index (χ3v) is 16.5. The average molecular weight is 613 g/mol. The summed E-state index contributed by atoms with van der Waals surface area (Å²) in [7, 11) is -1.51. The monoisotopic (exact) mass is 613 g/mol. The Morgan fingerprint density at radius 1 is 0.333 bits per heavy atom. The first-order valence-corrected chi connectivity index (χ1v) is 23.0. The average Bonchev–Trinajstić information content (AvgIpc) is 2.99. The zero-order valence-corrected chi connectivity index (χ0v) is 31.3. The van der Waals surface area contributed by atoms with Crippen LogP contribution in [0.3, 0.4) is 0 Å². The van der Waals surface area contributed by atoms with Crippen molar-refractivity contribution in [3.8, 4) is 0 Å². The second-order valence-corrected chi connectivity index (χ2v) is 19.8. The summed E-state index contributed by atoms with van der Waals surface area (Å²) in [5.41, 5.74) is 0. The van der Waals surface area contributed by atoms with E-state index in [0.29, 0.717) is 0 Å². The number of rotatable bonds is 36. The molecule has 0 spiro atoms. The van der Waals surface area contributed by atoms with Gasteiger partial charge in [-0.05, 0) is 0 Å². The molecule has 0 rings (SSSR count). The summed E-state index contributed by atoms with van der Waals surface area (Å²) in [6.07, 6.45) is 50.1. The summed E-state index contributed by atoms with van der Waals surface area (Å²) in [5, 5.41) is 10.8. The molecule has 1 N–H and O–H groups in total. The van der Waals surface area contributed by atoms with Gasteiger partial charge in [0.25, 0.3) is 0 Å². The van der Waals surface area contributed by atoms with Gasteiger partial charge in [-0.1, -0.05) is 78.1 Å². The van der Waals surface area contributed by atoms with E-state index in [1.165, 1.54) is 224 Å². The first kappa shape index (κ1) is 42.4. The predicted octanol–water partition coefficient (Wildman–Crippen LogP) is 14.6. The van der Waals surface area contributed by atoms with E-state index < -0.39 is 7.26 Å². The first-order chi connectivity index (χ1) is 20.6. The van der Waals surface area contributed by atoms with E-state index in [1.54, 1.807) is 0 Å². The molecule has 0 aliphatic carbocycles. The molecule has 0 saturated heterocycles. The minimum absolute atomic E-state index is 0.0184. The molecule has 2 heteroatoms. The SMILES string of the molecule is CCCCCCCCCCCCCCCCCC[PH](CC)(CCCCCCCCCCCCCCCCCC)C(C)O. The van der Waals surface area contributed by atoms with Crippen molar-refractivity contribution in [1.29, 1.82) is 0 Å². The van der Waals surface area contributed by atoms with Gasteiger partial charge in [-0.3, -0.25) is 0 Å². The van der Waals surface area contributed by atoms with Gasteiger partial charge < -0.3 is 0 Å². The van der Waals surface area contributed by atoms with Gasteiger partial charge in [0.2, 0.25) is 0 Å². The van der Waals surface area contributed by atoms with Crippen molar-refractivity contribution in [2.75, 3.05) is 18.5 Å². The number of aliphatic hydroxyl groups is 1. The van der Waals surface area contributed by atoms with E-state index in [-0.39, 0.29) is 5.85 Å². The molecular weight excluding hydrogens is 527 g/mol. The van der Waals surface area contributed by atoms with Crippen LogP contribution < -0.4 is 0 Å². The van der Waals surface area contributed by atoms with Crippen molar-refractivity contribution >= 4 is 7.26 Å². The van der Waals surface area contributed by atoms with Crippen LogP contribution in [0.1, 0.15) is 233 Å². The fourth-order valence-corrected chi connectivity index (χ4v) is 11.5. The molecule has 0 heterocycles. The zero-order valence-electron chi connectivity index (χ0n) is 30.3. The van der Waals surface area contributed by atoms with Gasteiger partial charge in [-0.2, -0.15) is 0 Å². The Balaban J connectivity index is 3.63. The summed E-state index contributed by atoms with van der Waals surface area (Å²) >= 11 is 0. The molecule has 42 heavy (non-hydrogen) atoms. The summed E-state index contributed by atoms with van der Waals surface area (Å²) in [4.78, 5) is 0. The second-order valence-electron chi connectivity index (χ2n) is 14.5. The van der Waals surface area contributed by atoms with Crippen molar-refractivity contribution in [3.05, 3.63) is 0 Å². The number of hydrogen-bond donors (Lipinski definition) is 1. The minimum atomic E-state index is -1.51. The van der Waals surface area contributed by atoms with E-state index in [1.807, 2.05) is 0 Å². The molecule has 256 valence electrons.